The number of hydrogen-bond acceptors (Lipinski definition) is 3. The van der Waals surface area contributed by atoms with E-state index in [2.05, 4.69) is 21.0 Å². The van der Waals surface area contributed by atoms with Crippen LogP contribution in [0.1, 0.15) is 5.69 Å². The summed E-state index contributed by atoms with van der Waals surface area (Å²) in [6.07, 6.45) is 6.10. The molecule has 3 nitrogen and oxygen atoms in total. The predicted molar refractivity (Wildman–Crippen MR) is 65.3 cm³/mol. The zero-order valence-corrected chi connectivity index (χ0v) is 9.63. The van der Waals surface area contributed by atoms with Gasteiger partial charge in [-0.2, -0.15) is 11.8 Å². The van der Waals surface area contributed by atoms with Crippen LogP contribution in [0.2, 0.25) is 0 Å². The Morgan fingerprint density at radius 1 is 1.47 bits per heavy atom. The zero-order valence-electron chi connectivity index (χ0n) is 8.81. The van der Waals surface area contributed by atoms with Gasteiger partial charge in [-0.15, -0.1) is 0 Å². The average molecular weight is 221 g/mol. The van der Waals surface area contributed by atoms with Gasteiger partial charge < -0.3 is 9.72 Å². The first-order valence-electron chi connectivity index (χ1n) is 5.02. The molecule has 0 amide bonds. The second-order valence-corrected chi connectivity index (χ2v) is 4.33. The molecular formula is C11H15N3S. The van der Waals surface area contributed by atoms with Crippen molar-refractivity contribution >= 4 is 17.4 Å². The second kappa shape index (κ2) is 5.19. The van der Waals surface area contributed by atoms with Crippen molar-refractivity contribution in [2.24, 2.45) is 0 Å². The van der Waals surface area contributed by atoms with Crippen molar-refractivity contribution < 1.29 is 0 Å². The van der Waals surface area contributed by atoms with Gasteiger partial charge in [0.2, 0.25) is 0 Å². The smallest absolute Gasteiger partial charge is 0.136 e. The number of thioether (sulfide) groups is 1. The van der Waals surface area contributed by atoms with Crippen LogP contribution in [0.25, 0.3) is 5.65 Å². The molecule has 0 aromatic carbocycles. The summed E-state index contributed by atoms with van der Waals surface area (Å²) in [6.45, 7) is 1.92. The molecule has 0 saturated heterocycles. The number of imidazole rings is 1. The van der Waals surface area contributed by atoms with Gasteiger partial charge in [0.05, 0.1) is 11.9 Å². The minimum absolute atomic E-state index is 0.881. The summed E-state index contributed by atoms with van der Waals surface area (Å²) in [7, 11) is 0. The molecule has 2 aromatic rings. The fourth-order valence-corrected chi connectivity index (χ4v) is 1.85. The molecule has 0 bridgehead atoms. The van der Waals surface area contributed by atoms with Gasteiger partial charge >= 0.3 is 0 Å². The lowest BCUT2D eigenvalue weighted by molar-refractivity contribution is 0.710. The first-order chi connectivity index (χ1) is 7.42. The Bertz CT molecular complexity index is 424. The lowest BCUT2D eigenvalue weighted by Crippen LogP contribution is -2.17. The molecule has 0 aliphatic heterocycles. The van der Waals surface area contributed by atoms with Gasteiger partial charge in [0.15, 0.2) is 0 Å². The molecular weight excluding hydrogens is 206 g/mol. The van der Waals surface area contributed by atoms with E-state index in [1.807, 2.05) is 42.4 Å². The Balaban J connectivity index is 2.02. The number of hydrogen-bond donors (Lipinski definition) is 1. The lowest BCUT2D eigenvalue weighted by Gasteiger charge is -2.03. The number of nitrogens with one attached hydrogen (secondary N) is 1. The van der Waals surface area contributed by atoms with Crippen LogP contribution >= 0.6 is 11.8 Å². The molecule has 4 heteroatoms. The van der Waals surface area contributed by atoms with Crippen molar-refractivity contribution in [3.8, 4) is 0 Å². The Labute approximate surface area is 93.9 Å². The topological polar surface area (TPSA) is 29.3 Å². The molecule has 0 atom stereocenters. The standard InChI is InChI=1S/C11H15N3S/c1-15-7-5-12-8-10-9-13-11-4-2-3-6-14(10)11/h2-4,6,9,12H,5,7-8H2,1H3. The van der Waals surface area contributed by atoms with Crippen LogP contribution in [0, 0.1) is 0 Å². The number of aromatic nitrogens is 2. The van der Waals surface area contributed by atoms with Crippen molar-refractivity contribution in [2.45, 2.75) is 6.54 Å². The SMILES string of the molecule is CSCCNCc1cnc2ccccn12. The highest BCUT2D eigenvalue weighted by Gasteiger charge is 2.00. The van der Waals surface area contributed by atoms with Crippen LogP contribution in [-0.4, -0.2) is 27.9 Å². The Hall–Kier alpha value is -1.00. The molecule has 0 aliphatic rings. The van der Waals surface area contributed by atoms with Gasteiger partial charge in [-0.1, -0.05) is 6.07 Å². The predicted octanol–water partition coefficient (Wildman–Crippen LogP) is 1.79. The largest absolute Gasteiger partial charge is 0.310 e. The number of rotatable bonds is 5. The monoisotopic (exact) mass is 221 g/mol. The fraction of sp³-hybridized carbons (Fsp3) is 0.364. The van der Waals surface area contributed by atoms with Crippen LogP contribution in [0.15, 0.2) is 30.6 Å². The molecule has 0 fully saturated rings. The molecule has 0 radical (unpaired) electrons. The summed E-state index contributed by atoms with van der Waals surface area (Å²) in [6, 6.07) is 6.05. The number of pyridine rings is 1. The summed E-state index contributed by atoms with van der Waals surface area (Å²) in [5.74, 6) is 1.15. The van der Waals surface area contributed by atoms with E-state index >= 15 is 0 Å². The van der Waals surface area contributed by atoms with E-state index in [9.17, 15) is 0 Å². The molecule has 0 aliphatic carbocycles. The van der Waals surface area contributed by atoms with Crippen molar-refractivity contribution in [1.29, 1.82) is 0 Å². The van der Waals surface area contributed by atoms with Gasteiger partial charge in [-0.25, -0.2) is 4.98 Å². The third-order valence-corrected chi connectivity index (χ3v) is 2.90. The maximum absolute atomic E-state index is 4.34. The van der Waals surface area contributed by atoms with E-state index in [4.69, 9.17) is 0 Å². The van der Waals surface area contributed by atoms with E-state index in [1.54, 1.807) is 0 Å². The minimum Gasteiger partial charge on any atom is -0.310 e. The molecule has 2 heterocycles. The normalized spacial score (nSPS) is 11.0. The second-order valence-electron chi connectivity index (χ2n) is 3.35. The van der Waals surface area contributed by atoms with Crippen molar-refractivity contribution in [3.05, 3.63) is 36.3 Å². The van der Waals surface area contributed by atoms with Crippen LogP contribution in [0.5, 0.6) is 0 Å². The number of nitrogens with zero attached hydrogens (tertiary/aromatic N) is 2. The first kappa shape index (κ1) is 10.5. The quantitative estimate of drug-likeness (QED) is 0.781. The highest BCUT2D eigenvalue weighted by Crippen LogP contribution is 2.05. The molecule has 0 saturated carbocycles. The zero-order chi connectivity index (χ0) is 10.5. The third-order valence-electron chi connectivity index (χ3n) is 2.28. The summed E-state index contributed by atoms with van der Waals surface area (Å²) in [5.41, 5.74) is 2.23. The summed E-state index contributed by atoms with van der Waals surface area (Å²) in [4.78, 5) is 4.34. The fourth-order valence-electron chi connectivity index (χ4n) is 1.51. The van der Waals surface area contributed by atoms with E-state index < -0.39 is 0 Å². The van der Waals surface area contributed by atoms with Crippen molar-refractivity contribution in [3.63, 3.8) is 0 Å². The molecule has 2 aromatic heterocycles. The van der Waals surface area contributed by atoms with E-state index in [-0.39, 0.29) is 0 Å². The maximum atomic E-state index is 4.34. The highest BCUT2D eigenvalue weighted by atomic mass is 32.2. The Morgan fingerprint density at radius 3 is 3.27 bits per heavy atom. The van der Waals surface area contributed by atoms with E-state index in [0.29, 0.717) is 0 Å². The Morgan fingerprint density at radius 2 is 2.40 bits per heavy atom. The molecule has 0 spiro atoms. The lowest BCUT2D eigenvalue weighted by atomic mass is 10.4. The summed E-state index contributed by atoms with van der Waals surface area (Å²) < 4.78 is 2.12. The average Bonchev–Trinajstić information content (AvgIpc) is 2.68. The summed E-state index contributed by atoms with van der Waals surface area (Å²) >= 11 is 1.86. The van der Waals surface area contributed by atoms with Gasteiger partial charge in [-0.05, 0) is 18.4 Å². The Kier molecular flexibility index (Phi) is 3.64. The van der Waals surface area contributed by atoms with Gasteiger partial charge in [-0.3, -0.25) is 0 Å². The molecule has 80 valence electrons. The molecule has 15 heavy (non-hydrogen) atoms. The van der Waals surface area contributed by atoms with Gasteiger partial charge in [0.25, 0.3) is 0 Å². The van der Waals surface area contributed by atoms with Crippen LogP contribution < -0.4 is 5.32 Å². The van der Waals surface area contributed by atoms with Gasteiger partial charge in [0.1, 0.15) is 5.65 Å². The minimum atomic E-state index is 0.881. The van der Waals surface area contributed by atoms with E-state index in [1.165, 1.54) is 5.69 Å². The molecule has 1 N–H and O–H groups in total. The van der Waals surface area contributed by atoms with Crippen LogP contribution in [-0.2, 0) is 6.54 Å². The summed E-state index contributed by atoms with van der Waals surface area (Å²) in [5, 5.41) is 3.40. The third kappa shape index (κ3) is 2.52. The first-order valence-corrected chi connectivity index (χ1v) is 6.42. The number of fused-ring (bicyclic) bond motifs is 1. The molecule has 0 unspecified atom stereocenters. The van der Waals surface area contributed by atoms with E-state index in [0.717, 1.165) is 24.5 Å². The van der Waals surface area contributed by atoms with Gasteiger partial charge in [0, 0.05) is 25.0 Å². The van der Waals surface area contributed by atoms with Crippen molar-refractivity contribution in [2.75, 3.05) is 18.6 Å². The maximum Gasteiger partial charge on any atom is 0.136 e. The van der Waals surface area contributed by atoms with Crippen LogP contribution in [0.3, 0.4) is 0 Å². The van der Waals surface area contributed by atoms with Crippen LogP contribution in [0.4, 0.5) is 0 Å². The molecule has 2 rings (SSSR count). The van der Waals surface area contributed by atoms with Crippen molar-refractivity contribution in [1.82, 2.24) is 14.7 Å². The highest BCUT2D eigenvalue weighted by molar-refractivity contribution is 7.98.